The third-order valence-electron chi connectivity index (χ3n) is 3.62. The predicted molar refractivity (Wildman–Crippen MR) is 98.6 cm³/mol. The van der Waals surface area contributed by atoms with Gasteiger partial charge in [-0.15, -0.1) is 0 Å². The number of nitrogens with zero attached hydrogens (tertiary/aromatic N) is 4. The van der Waals surface area contributed by atoms with Crippen LogP contribution in [-0.2, 0) is 13.7 Å². The fourth-order valence-corrected chi connectivity index (χ4v) is 2.73. The van der Waals surface area contributed by atoms with Crippen molar-refractivity contribution in [3.05, 3.63) is 62.5 Å². The van der Waals surface area contributed by atoms with Crippen LogP contribution in [0, 0.1) is 0 Å². The molecular weight excluding hydrogens is 379 g/mol. The summed E-state index contributed by atoms with van der Waals surface area (Å²) in [6.45, 7) is 2.44. The molecule has 26 heavy (non-hydrogen) atoms. The minimum atomic E-state index is -0.374. The van der Waals surface area contributed by atoms with Crippen LogP contribution in [0.15, 0.2) is 41.2 Å². The highest BCUT2D eigenvalue weighted by Crippen LogP contribution is 2.31. The highest BCUT2D eigenvalue weighted by atomic mass is 35.5. The highest BCUT2D eigenvalue weighted by Gasteiger charge is 2.16. The average molecular weight is 395 g/mol. The second-order valence-corrected chi connectivity index (χ2v) is 6.19. The van der Waals surface area contributed by atoms with Crippen molar-refractivity contribution in [2.45, 2.75) is 13.5 Å². The van der Waals surface area contributed by atoms with E-state index in [4.69, 9.17) is 32.7 Å². The van der Waals surface area contributed by atoms with E-state index in [1.54, 1.807) is 36.4 Å². The van der Waals surface area contributed by atoms with Gasteiger partial charge in [0.1, 0.15) is 18.1 Å². The molecule has 9 heteroatoms. The van der Waals surface area contributed by atoms with Crippen LogP contribution in [-0.4, -0.2) is 26.4 Å². The second-order valence-electron chi connectivity index (χ2n) is 5.35. The molecule has 1 heterocycles. The fourth-order valence-electron chi connectivity index (χ4n) is 2.39. The molecule has 0 saturated carbocycles. The third-order valence-corrected chi connectivity index (χ3v) is 4.17. The average Bonchev–Trinajstić information content (AvgIpc) is 2.95. The van der Waals surface area contributed by atoms with Gasteiger partial charge >= 0.3 is 5.69 Å². The highest BCUT2D eigenvalue weighted by molar-refractivity contribution is 6.34. The van der Waals surface area contributed by atoms with Crippen LogP contribution < -0.4 is 15.2 Å². The summed E-state index contributed by atoms with van der Waals surface area (Å²) in [7, 11) is 1.53. The zero-order valence-corrected chi connectivity index (χ0v) is 15.7. The number of tetrazole rings is 1. The van der Waals surface area contributed by atoms with E-state index in [0.29, 0.717) is 39.4 Å². The fraction of sp³-hybridized carbons (Fsp3) is 0.235. The Morgan fingerprint density at radius 1 is 1.08 bits per heavy atom. The lowest BCUT2D eigenvalue weighted by atomic mass is 10.1. The van der Waals surface area contributed by atoms with Crippen molar-refractivity contribution in [3.63, 3.8) is 0 Å². The van der Waals surface area contributed by atoms with Crippen LogP contribution in [0.5, 0.6) is 11.5 Å². The molecule has 3 rings (SSSR count). The summed E-state index contributed by atoms with van der Waals surface area (Å²) in [5, 5.41) is 8.58. The van der Waals surface area contributed by atoms with Crippen LogP contribution in [0.1, 0.15) is 12.5 Å². The molecule has 0 unspecified atom stereocenters. The number of rotatable bonds is 6. The number of aryl methyl sites for hydroxylation is 1. The van der Waals surface area contributed by atoms with Gasteiger partial charge in [-0.05, 0) is 41.6 Å². The van der Waals surface area contributed by atoms with Crippen molar-refractivity contribution >= 4 is 23.2 Å². The van der Waals surface area contributed by atoms with Gasteiger partial charge in [-0.3, -0.25) is 0 Å². The van der Waals surface area contributed by atoms with Crippen molar-refractivity contribution < 1.29 is 9.47 Å². The number of aromatic nitrogens is 4. The minimum Gasteiger partial charge on any atom is -0.493 e. The third kappa shape index (κ3) is 3.68. The van der Waals surface area contributed by atoms with Crippen molar-refractivity contribution in [1.29, 1.82) is 0 Å². The second kappa shape index (κ2) is 7.80. The van der Waals surface area contributed by atoms with Crippen LogP contribution >= 0.6 is 23.2 Å². The van der Waals surface area contributed by atoms with Crippen molar-refractivity contribution in [1.82, 2.24) is 19.8 Å². The molecule has 0 radical (unpaired) electrons. The zero-order valence-electron chi connectivity index (χ0n) is 14.1. The van der Waals surface area contributed by atoms with E-state index in [1.165, 1.54) is 11.7 Å². The zero-order chi connectivity index (χ0) is 18.7. The smallest absolute Gasteiger partial charge is 0.368 e. The topological polar surface area (TPSA) is 71.2 Å². The van der Waals surface area contributed by atoms with Crippen LogP contribution in [0.2, 0.25) is 10.0 Å². The Labute approximate surface area is 159 Å². The van der Waals surface area contributed by atoms with Gasteiger partial charge in [-0.2, -0.15) is 9.36 Å². The summed E-state index contributed by atoms with van der Waals surface area (Å²) in [6.07, 6.45) is 0. The van der Waals surface area contributed by atoms with Gasteiger partial charge in [0, 0.05) is 18.1 Å². The molecule has 136 valence electrons. The molecule has 1 aromatic heterocycles. The van der Waals surface area contributed by atoms with Gasteiger partial charge < -0.3 is 9.47 Å². The lowest BCUT2D eigenvalue weighted by molar-refractivity contribution is 0.286. The summed E-state index contributed by atoms with van der Waals surface area (Å²) in [5.41, 5.74) is 0.792. The SMILES string of the molecule is CCOc1cccc(-n2nnn(C)c2=O)c1COc1cc(Cl)ccc1Cl. The molecule has 0 aliphatic rings. The van der Waals surface area contributed by atoms with E-state index in [9.17, 15) is 4.79 Å². The molecule has 2 aromatic carbocycles. The normalized spacial score (nSPS) is 10.8. The van der Waals surface area contributed by atoms with Crippen LogP contribution in [0.4, 0.5) is 0 Å². The Balaban J connectivity index is 2.02. The monoisotopic (exact) mass is 394 g/mol. The number of hydrogen-bond acceptors (Lipinski definition) is 5. The Morgan fingerprint density at radius 3 is 2.58 bits per heavy atom. The maximum atomic E-state index is 12.2. The molecule has 0 aliphatic heterocycles. The first-order valence-electron chi connectivity index (χ1n) is 7.83. The lowest BCUT2D eigenvalue weighted by Crippen LogP contribution is -2.23. The summed E-state index contributed by atoms with van der Waals surface area (Å²) in [4.78, 5) is 12.2. The van der Waals surface area contributed by atoms with E-state index >= 15 is 0 Å². The summed E-state index contributed by atoms with van der Waals surface area (Å²) < 4.78 is 13.9. The largest absolute Gasteiger partial charge is 0.493 e. The van der Waals surface area contributed by atoms with E-state index in [2.05, 4.69) is 10.4 Å². The van der Waals surface area contributed by atoms with Gasteiger partial charge in [0.05, 0.1) is 22.9 Å². The number of hydrogen-bond donors (Lipinski definition) is 0. The van der Waals surface area contributed by atoms with Gasteiger partial charge in [-0.25, -0.2) is 4.79 Å². The Kier molecular flexibility index (Phi) is 5.49. The molecule has 0 aliphatic carbocycles. The number of benzene rings is 2. The first-order valence-corrected chi connectivity index (χ1v) is 8.58. The van der Waals surface area contributed by atoms with Gasteiger partial charge in [-0.1, -0.05) is 29.3 Å². The first kappa shape index (κ1) is 18.3. The maximum Gasteiger partial charge on any atom is 0.368 e. The Bertz CT molecular complexity index is 984. The van der Waals surface area contributed by atoms with Gasteiger partial charge in [0.15, 0.2) is 0 Å². The van der Waals surface area contributed by atoms with Crippen LogP contribution in [0.3, 0.4) is 0 Å². The molecule has 0 N–H and O–H groups in total. The molecule has 7 nitrogen and oxygen atoms in total. The molecule has 0 spiro atoms. The first-order chi connectivity index (χ1) is 12.5. The standard InChI is InChI=1S/C17H16Cl2N4O3/c1-3-25-15-6-4-5-14(23-17(24)22(2)20-21-23)12(15)10-26-16-9-11(18)7-8-13(16)19/h4-9H,3,10H2,1-2H3. The quantitative estimate of drug-likeness (QED) is 0.641. The number of halogens is 2. The Morgan fingerprint density at radius 2 is 1.88 bits per heavy atom. The van der Waals surface area contributed by atoms with Gasteiger partial charge in [0.25, 0.3) is 0 Å². The molecule has 0 fully saturated rings. The van der Waals surface area contributed by atoms with Crippen LogP contribution in [0.25, 0.3) is 5.69 Å². The Hall–Kier alpha value is -2.51. The van der Waals surface area contributed by atoms with Crippen molar-refractivity contribution in [3.8, 4) is 17.2 Å². The summed E-state index contributed by atoms with van der Waals surface area (Å²) in [6, 6.07) is 10.3. The summed E-state index contributed by atoms with van der Waals surface area (Å²) >= 11 is 12.2. The van der Waals surface area contributed by atoms with Gasteiger partial charge in [0.2, 0.25) is 0 Å². The van der Waals surface area contributed by atoms with E-state index in [0.717, 1.165) is 4.68 Å². The number of ether oxygens (including phenoxy) is 2. The molecule has 0 atom stereocenters. The summed E-state index contributed by atoms with van der Waals surface area (Å²) in [5.74, 6) is 1.02. The lowest BCUT2D eigenvalue weighted by Gasteiger charge is -2.15. The van der Waals surface area contributed by atoms with Crippen molar-refractivity contribution in [2.24, 2.45) is 7.05 Å². The van der Waals surface area contributed by atoms with E-state index < -0.39 is 0 Å². The molecule has 0 bridgehead atoms. The minimum absolute atomic E-state index is 0.106. The molecule has 0 saturated heterocycles. The predicted octanol–water partition coefficient (Wildman–Crippen LogP) is 3.25. The van der Waals surface area contributed by atoms with E-state index in [-0.39, 0.29) is 12.3 Å². The maximum absolute atomic E-state index is 12.2. The van der Waals surface area contributed by atoms with Crippen molar-refractivity contribution in [2.75, 3.05) is 6.61 Å². The molecular formula is C17H16Cl2N4O3. The van der Waals surface area contributed by atoms with E-state index in [1.807, 2.05) is 6.92 Å². The molecule has 3 aromatic rings. The molecule has 0 amide bonds.